The van der Waals surface area contributed by atoms with Crippen molar-refractivity contribution in [1.82, 2.24) is 10.2 Å². The Labute approximate surface area is 88.1 Å². The van der Waals surface area contributed by atoms with Gasteiger partial charge in [-0.15, -0.1) is 0 Å². The normalized spacial score (nSPS) is 27.2. The maximum absolute atomic E-state index is 3.30. The van der Waals surface area contributed by atoms with Gasteiger partial charge in [-0.3, -0.25) is 0 Å². The highest BCUT2D eigenvalue weighted by Crippen LogP contribution is 2.27. The van der Waals surface area contributed by atoms with Crippen molar-refractivity contribution in [1.29, 1.82) is 0 Å². The quantitative estimate of drug-likeness (QED) is 0.741. The second-order valence-corrected chi connectivity index (χ2v) is 4.98. The fraction of sp³-hybridized carbons (Fsp3) is 1.00. The van der Waals surface area contributed by atoms with E-state index in [4.69, 9.17) is 0 Å². The average Bonchev–Trinajstić information content (AvgIpc) is 2.72. The Morgan fingerprint density at radius 2 is 1.71 bits per heavy atom. The first kappa shape index (κ1) is 10.4. The molecule has 82 valence electrons. The lowest BCUT2D eigenvalue weighted by molar-refractivity contribution is 0.134. The van der Waals surface area contributed by atoms with Crippen molar-refractivity contribution < 1.29 is 0 Å². The molecule has 2 fully saturated rings. The molecule has 1 aliphatic carbocycles. The molecule has 1 heterocycles. The summed E-state index contributed by atoms with van der Waals surface area (Å²) in [5, 5.41) is 3.30. The van der Waals surface area contributed by atoms with E-state index in [2.05, 4.69) is 17.3 Å². The summed E-state index contributed by atoms with van der Waals surface area (Å²) < 4.78 is 0. The Kier molecular flexibility index (Phi) is 3.82. The molecule has 0 bridgehead atoms. The fourth-order valence-electron chi connectivity index (χ4n) is 3.08. The highest BCUT2D eigenvalue weighted by atomic mass is 15.2. The van der Waals surface area contributed by atoms with Gasteiger partial charge in [-0.2, -0.15) is 0 Å². The summed E-state index contributed by atoms with van der Waals surface area (Å²) in [4.78, 5) is 2.75. The van der Waals surface area contributed by atoms with Gasteiger partial charge in [-0.05, 0) is 58.3 Å². The molecule has 0 unspecified atom stereocenters. The van der Waals surface area contributed by atoms with Gasteiger partial charge in [0, 0.05) is 6.04 Å². The summed E-state index contributed by atoms with van der Waals surface area (Å²) in [6, 6.07) is 0.950. The molecule has 0 amide bonds. The van der Waals surface area contributed by atoms with Crippen LogP contribution in [0.2, 0.25) is 0 Å². The van der Waals surface area contributed by atoms with Crippen LogP contribution < -0.4 is 5.32 Å². The van der Waals surface area contributed by atoms with Gasteiger partial charge in [0.15, 0.2) is 0 Å². The van der Waals surface area contributed by atoms with Crippen molar-refractivity contribution in [3.05, 3.63) is 0 Å². The largest absolute Gasteiger partial charge is 0.319 e. The minimum Gasteiger partial charge on any atom is -0.319 e. The summed E-state index contributed by atoms with van der Waals surface area (Å²) >= 11 is 0. The smallest absolute Gasteiger partial charge is 0.00952 e. The zero-order valence-electron chi connectivity index (χ0n) is 9.47. The summed E-state index contributed by atoms with van der Waals surface area (Å²) in [5.74, 6) is 0.942. The number of nitrogens with one attached hydrogen (secondary N) is 1. The molecule has 0 aromatic carbocycles. The van der Waals surface area contributed by atoms with Gasteiger partial charge in [0.05, 0.1) is 0 Å². The number of hydrogen-bond acceptors (Lipinski definition) is 2. The van der Waals surface area contributed by atoms with Crippen LogP contribution in [0, 0.1) is 5.92 Å². The predicted octanol–water partition coefficient (Wildman–Crippen LogP) is 1.86. The maximum atomic E-state index is 3.30. The molecule has 0 atom stereocenters. The number of nitrogens with zero attached hydrogens (tertiary/aromatic N) is 1. The van der Waals surface area contributed by atoms with E-state index in [0.717, 1.165) is 12.0 Å². The van der Waals surface area contributed by atoms with Crippen molar-refractivity contribution in [3.63, 3.8) is 0 Å². The summed E-state index contributed by atoms with van der Waals surface area (Å²) in [6.07, 6.45) is 8.71. The van der Waals surface area contributed by atoms with Crippen LogP contribution in [-0.2, 0) is 0 Å². The highest BCUT2D eigenvalue weighted by molar-refractivity contribution is 4.82. The molecule has 2 aliphatic rings. The van der Waals surface area contributed by atoms with Crippen LogP contribution in [0.5, 0.6) is 0 Å². The van der Waals surface area contributed by atoms with Crippen LogP contribution in [0.15, 0.2) is 0 Å². The SMILES string of the molecule is CNCC1CCN(C2CCCC2)CC1. The summed E-state index contributed by atoms with van der Waals surface area (Å²) in [5.41, 5.74) is 0. The minimum absolute atomic E-state index is 0.942. The number of likely N-dealkylation sites (tertiary alicyclic amines) is 1. The molecule has 1 saturated heterocycles. The van der Waals surface area contributed by atoms with Gasteiger partial charge < -0.3 is 10.2 Å². The highest BCUT2D eigenvalue weighted by Gasteiger charge is 2.26. The zero-order chi connectivity index (χ0) is 9.80. The van der Waals surface area contributed by atoms with E-state index < -0.39 is 0 Å². The molecule has 0 aromatic heterocycles. The van der Waals surface area contributed by atoms with Gasteiger partial charge in [0.2, 0.25) is 0 Å². The average molecular weight is 196 g/mol. The van der Waals surface area contributed by atoms with Gasteiger partial charge in [-0.1, -0.05) is 12.8 Å². The Balaban J connectivity index is 1.72. The maximum Gasteiger partial charge on any atom is 0.00952 e. The Hall–Kier alpha value is -0.0800. The van der Waals surface area contributed by atoms with E-state index in [1.54, 1.807) is 0 Å². The van der Waals surface area contributed by atoms with Crippen LogP contribution >= 0.6 is 0 Å². The molecule has 2 nitrogen and oxygen atoms in total. The van der Waals surface area contributed by atoms with Crippen molar-refractivity contribution in [2.45, 2.75) is 44.6 Å². The standard InChI is InChI=1S/C12H24N2/c1-13-10-11-6-8-14(9-7-11)12-4-2-3-5-12/h11-13H,2-10H2,1H3. The molecule has 1 saturated carbocycles. The summed E-state index contributed by atoms with van der Waals surface area (Å²) in [6.45, 7) is 3.94. The van der Waals surface area contributed by atoms with Crippen LogP contribution in [-0.4, -0.2) is 37.6 Å². The van der Waals surface area contributed by atoms with Crippen molar-refractivity contribution >= 4 is 0 Å². The molecule has 2 heteroatoms. The Morgan fingerprint density at radius 3 is 2.29 bits per heavy atom. The predicted molar refractivity (Wildman–Crippen MR) is 60.5 cm³/mol. The first-order valence-corrected chi connectivity index (χ1v) is 6.29. The molecular formula is C12H24N2. The number of rotatable bonds is 3. The molecule has 1 N–H and O–H groups in total. The van der Waals surface area contributed by atoms with E-state index in [1.165, 1.54) is 58.2 Å². The van der Waals surface area contributed by atoms with E-state index >= 15 is 0 Å². The topological polar surface area (TPSA) is 15.3 Å². The Morgan fingerprint density at radius 1 is 1.07 bits per heavy atom. The van der Waals surface area contributed by atoms with E-state index in [-0.39, 0.29) is 0 Å². The van der Waals surface area contributed by atoms with Crippen molar-refractivity contribution in [2.75, 3.05) is 26.7 Å². The van der Waals surface area contributed by atoms with Gasteiger partial charge in [0.1, 0.15) is 0 Å². The monoisotopic (exact) mass is 196 g/mol. The van der Waals surface area contributed by atoms with Crippen LogP contribution in [0.4, 0.5) is 0 Å². The Bertz CT molecular complexity index is 156. The lowest BCUT2D eigenvalue weighted by Crippen LogP contribution is -2.41. The third-order valence-corrected chi connectivity index (χ3v) is 3.98. The second-order valence-electron chi connectivity index (χ2n) is 4.98. The zero-order valence-corrected chi connectivity index (χ0v) is 9.47. The fourth-order valence-corrected chi connectivity index (χ4v) is 3.08. The minimum atomic E-state index is 0.942. The van der Waals surface area contributed by atoms with Crippen molar-refractivity contribution in [2.24, 2.45) is 5.92 Å². The van der Waals surface area contributed by atoms with E-state index in [1.807, 2.05) is 0 Å². The molecule has 14 heavy (non-hydrogen) atoms. The number of piperidine rings is 1. The molecule has 0 spiro atoms. The van der Waals surface area contributed by atoms with Crippen LogP contribution in [0.1, 0.15) is 38.5 Å². The lowest BCUT2D eigenvalue weighted by atomic mass is 9.95. The van der Waals surface area contributed by atoms with Crippen molar-refractivity contribution in [3.8, 4) is 0 Å². The van der Waals surface area contributed by atoms with Crippen LogP contribution in [0.25, 0.3) is 0 Å². The number of hydrogen-bond donors (Lipinski definition) is 1. The third kappa shape index (κ3) is 2.48. The van der Waals surface area contributed by atoms with Gasteiger partial charge in [0.25, 0.3) is 0 Å². The first-order valence-electron chi connectivity index (χ1n) is 6.29. The lowest BCUT2D eigenvalue weighted by Gasteiger charge is -2.35. The van der Waals surface area contributed by atoms with E-state index in [0.29, 0.717) is 0 Å². The first-order chi connectivity index (χ1) is 6.90. The van der Waals surface area contributed by atoms with Gasteiger partial charge >= 0.3 is 0 Å². The molecule has 2 rings (SSSR count). The van der Waals surface area contributed by atoms with Gasteiger partial charge in [-0.25, -0.2) is 0 Å². The molecule has 0 aromatic rings. The van der Waals surface area contributed by atoms with Crippen LogP contribution in [0.3, 0.4) is 0 Å². The van der Waals surface area contributed by atoms with E-state index in [9.17, 15) is 0 Å². The third-order valence-electron chi connectivity index (χ3n) is 3.98. The molecule has 1 aliphatic heterocycles. The second kappa shape index (κ2) is 5.13. The molecular weight excluding hydrogens is 172 g/mol. The molecule has 0 radical (unpaired) electrons. The summed E-state index contributed by atoms with van der Waals surface area (Å²) in [7, 11) is 2.07.